The molecule has 1 saturated heterocycles. The Morgan fingerprint density at radius 2 is 1.75 bits per heavy atom. The number of amides is 4. The Hall–Kier alpha value is -4.36. The van der Waals surface area contributed by atoms with Gasteiger partial charge in [-0.05, 0) is 60.9 Å². The van der Waals surface area contributed by atoms with E-state index in [-0.39, 0.29) is 37.3 Å². The van der Waals surface area contributed by atoms with Crippen molar-refractivity contribution in [2.24, 2.45) is 17.0 Å². The average molecular weight is 782 g/mol. The lowest BCUT2D eigenvalue weighted by Gasteiger charge is -2.32. The molecule has 4 amide bonds. The van der Waals surface area contributed by atoms with Crippen LogP contribution in [0.15, 0.2) is 47.6 Å². The van der Waals surface area contributed by atoms with Gasteiger partial charge in [0.1, 0.15) is 23.6 Å². The second-order valence-corrected chi connectivity index (χ2v) is 15.9. The quantitative estimate of drug-likeness (QED) is 0.187. The number of nitrogens with zero attached hydrogens (tertiary/aromatic N) is 2. The molecule has 2 fully saturated rings. The van der Waals surface area contributed by atoms with Crippen LogP contribution in [0.1, 0.15) is 96.1 Å². The number of benzene rings is 2. The van der Waals surface area contributed by atoms with Crippen molar-refractivity contribution in [1.29, 1.82) is 0 Å². The van der Waals surface area contributed by atoms with Gasteiger partial charge in [-0.3, -0.25) is 19.2 Å². The number of rotatable bonds is 16. The summed E-state index contributed by atoms with van der Waals surface area (Å²) in [4.78, 5) is 63.0. The van der Waals surface area contributed by atoms with Gasteiger partial charge in [-0.25, -0.2) is 0 Å². The highest BCUT2D eigenvalue weighted by Gasteiger charge is 2.55. The molecule has 0 radical (unpaired) electrons. The molecule has 5 atom stereocenters. The second-order valence-electron chi connectivity index (χ2n) is 15.5. The molecule has 5 rings (SSSR count). The molecule has 13 nitrogen and oxygen atoms in total. The fraction of sp³-hybridized carbons (Fsp3) is 0.585. The van der Waals surface area contributed by atoms with Gasteiger partial charge in [0.15, 0.2) is 11.7 Å². The highest BCUT2D eigenvalue weighted by Crippen LogP contribution is 2.40. The lowest BCUT2D eigenvalue weighted by Crippen LogP contribution is -2.58. The molecule has 4 N–H and O–H groups in total. The number of nitrogens with one attached hydrogen (secondary N) is 3. The van der Waals surface area contributed by atoms with Crippen LogP contribution in [0.3, 0.4) is 0 Å². The fourth-order valence-corrected chi connectivity index (χ4v) is 8.06. The molecule has 1 aliphatic carbocycles. The van der Waals surface area contributed by atoms with E-state index in [9.17, 15) is 24.3 Å². The molecule has 0 bridgehead atoms. The van der Waals surface area contributed by atoms with E-state index in [0.29, 0.717) is 53.5 Å². The fourth-order valence-electron chi connectivity index (χ4n) is 7.87. The molecule has 300 valence electrons. The number of aliphatic hydroxyl groups is 1. The van der Waals surface area contributed by atoms with E-state index >= 15 is 0 Å². The van der Waals surface area contributed by atoms with Crippen molar-refractivity contribution in [1.82, 2.24) is 20.9 Å². The highest BCUT2D eigenvalue weighted by molar-refractivity contribution is 6.31. The molecule has 2 aliphatic heterocycles. The highest BCUT2D eigenvalue weighted by atomic mass is 35.5. The van der Waals surface area contributed by atoms with E-state index in [1.165, 1.54) is 25.5 Å². The molecule has 0 aromatic heterocycles. The zero-order valence-electron chi connectivity index (χ0n) is 32.6. The minimum absolute atomic E-state index is 0.0463. The van der Waals surface area contributed by atoms with Crippen LogP contribution in [0, 0.1) is 11.8 Å². The summed E-state index contributed by atoms with van der Waals surface area (Å²) in [7, 11) is 3.06. The number of halogens is 1. The first-order valence-corrected chi connectivity index (χ1v) is 19.8. The Labute approximate surface area is 328 Å². The molecular formula is C41H56ClN5O8. The summed E-state index contributed by atoms with van der Waals surface area (Å²) >= 11 is 6.27. The van der Waals surface area contributed by atoms with Crippen molar-refractivity contribution in [3.05, 3.63) is 58.6 Å². The number of oxime groups is 1. The summed E-state index contributed by atoms with van der Waals surface area (Å²) in [6, 6.07) is 9.58. The van der Waals surface area contributed by atoms with E-state index < -0.39 is 47.6 Å². The summed E-state index contributed by atoms with van der Waals surface area (Å²) in [5.74, 6) is -0.669. The van der Waals surface area contributed by atoms with Gasteiger partial charge in [0.2, 0.25) is 17.7 Å². The molecule has 1 unspecified atom stereocenters. The smallest absolute Gasteiger partial charge is 0.251 e. The van der Waals surface area contributed by atoms with Crippen LogP contribution in [0.4, 0.5) is 0 Å². The number of likely N-dealkylation sites (tertiary alicyclic amines) is 1. The number of methoxy groups -OCH3 is 2. The number of hydrogen-bond acceptors (Lipinski definition) is 9. The third-order valence-corrected chi connectivity index (χ3v) is 11.1. The van der Waals surface area contributed by atoms with Gasteiger partial charge in [-0.2, -0.15) is 0 Å². The molecule has 1 spiro atoms. The second kappa shape index (κ2) is 19.0. The van der Waals surface area contributed by atoms with Crippen molar-refractivity contribution in [3.63, 3.8) is 0 Å². The largest absolute Gasteiger partial charge is 0.497 e. The maximum Gasteiger partial charge on any atom is 0.251 e. The first-order chi connectivity index (χ1) is 26.3. The first-order valence-electron chi connectivity index (χ1n) is 19.4. The SMILES string of the molecule is CCC[C@H](NC(=O)[C@@H]1C[C@]2(CC(c3cccc(Cl)c3)=NO2)CN1C(=O)[C@@H](NC(=O)CC1CCCCC1)C(C)C)C(O)C(=O)NCc1cc(OC)cc(OC)c1. The van der Waals surface area contributed by atoms with Crippen LogP contribution in [0.5, 0.6) is 11.5 Å². The Morgan fingerprint density at radius 1 is 1.04 bits per heavy atom. The summed E-state index contributed by atoms with van der Waals surface area (Å²) in [5, 5.41) is 24.8. The van der Waals surface area contributed by atoms with Gasteiger partial charge < -0.3 is 40.3 Å². The zero-order chi connectivity index (χ0) is 39.7. The molecular weight excluding hydrogens is 726 g/mol. The summed E-state index contributed by atoms with van der Waals surface area (Å²) in [5.41, 5.74) is 1.09. The third kappa shape index (κ3) is 10.7. The van der Waals surface area contributed by atoms with E-state index in [0.717, 1.165) is 31.2 Å². The lowest BCUT2D eigenvalue weighted by molar-refractivity contribution is -0.143. The average Bonchev–Trinajstić information content (AvgIpc) is 3.78. The molecule has 2 aromatic carbocycles. The van der Waals surface area contributed by atoms with Crippen LogP contribution < -0.4 is 25.4 Å². The van der Waals surface area contributed by atoms with Gasteiger partial charge in [0.05, 0.1) is 32.5 Å². The van der Waals surface area contributed by atoms with Crippen molar-refractivity contribution in [2.45, 2.75) is 121 Å². The predicted octanol–water partition coefficient (Wildman–Crippen LogP) is 4.89. The molecule has 2 heterocycles. The maximum absolute atomic E-state index is 14.5. The Balaban J connectivity index is 1.33. The van der Waals surface area contributed by atoms with Crippen molar-refractivity contribution in [3.8, 4) is 11.5 Å². The third-order valence-electron chi connectivity index (χ3n) is 10.9. The van der Waals surface area contributed by atoms with E-state index in [2.05, 4.69) is 21.1 Å². The van der Waals surface area contributed by atoms with Crippen molar-refractivity contribution < 1.29 is 38.6 Å². The summed E-state index contributed by atoms with van der Waals surface area (Å²) in [6.45, 7) is 5.75. The lowest BCUT2D eigenvalue weighted by atomic mass is 9.86. The van der Waals surface area contributed by atoms with Crippen LogP contribution in [-0.2, 0) is 30.6 Å². The van der Waals surface area contributed by atoms with Crippen LogP contribution >= 0.6 is 11.6 Å². The molecule has 55 heavy (non-hydrogen) atoms. The number of aliphatic hydroxyl groups excluding tert-OH is 1. The Kier molecular flexibility index (Phi) is 14.4. The number of ether oxygens (including phenoxy) is 2. The van der Waals surface area contributed by atoms with Gasteiger partial charge >= 0.3 is 0 Å². The first kappa shape index (κ1) is 41.8. The maximum atomic E-state index is 14.5. The molecule has 2 aromatic rings. The van der Waals surface area contributed by atoms with E-state index in [4.69, 9.17) is 25.9 Å². The standard InChI is InChI=1S/C41H56ClN5O8/c1-6-11-32(37(49)39(51)43-23-27-16-30(53-4)20-31(17-27)54-5)44-38(50)34-22-41(21-33(46-55-41)28-14-10-15-29(42)19-28)24-47(34)40(52)36(25(2)3)45-35(48)18-26-12-8-7-9-13-26/h10,14-17,19-20,25-26,32,34,36-37,49H,6-9,11-13,18,21-24H2,1-5H3,(H,43,51)(H,44,50)(H,45,48)/t32-,34-,36-,37?,41+/m0/s1. The molecule has 14 heteroatoms. The molecule has 1 saturated carbocycles. The van der Waals surface area contributed by atoms with Crippen LogP contribution in [-0.4, -0.2) is 89.9 Å². The van der Waals surface area contributed by atoms with E-state index in [1.807, 2.05) is 32.9 Å². The minimum Gasteiger partial charge on any atom is -0.497 e. The van der Waals surface area contributed by atoms with Gasteiger partial charge in [-0.15, -0.1) is 0 Å². The van der Waals surface area contributed by atoms with Gasteiger partial charge in [-0.1, -0.05) is 75.3 Å². The Morgan fingerprint density at radius 3 is 2.38 bits per heavy atom. The van der Waals surface area contributed by atoms with Crippen molar-refractivity contribution >= 4 is 40.9 Å². The van der Waals surface area contributed by atoms with E-state index in [1.54, 1.807) is 30.3 Å². The summed E-state index contributed by atoms with van der Waals surface area (Å²) in [6.07, 6.45) is 5.42. The zero-order valence-corrected chi connectivity index (χ0v) is 33.3. The number of hydrogen-bond donors (Lipinski definition) is 4. The normalized spacial score (nSPS) is 21.3. The van der Waals surface area contributed by atoms with Crippen molar-refractivity contribution in [2.75, 3.05) is 20.8 Å². The summed E-state index contributed by atoms with van der Waals surface area (Å²) < 4.78 is 10.7. The van der Waals surface area contributed by atoms with Crippen LogP contribution in [0.25, 0.3) is 0 Å². The van der Waals surface area contributed by atoms with Gasteiger partial charge in [0.25, 0.3) is 5.91 Å². The van der Waals surface area contributed by atoms with Gasteiger partial charge in [0, 0.05) is 42.5 Å². The minimum atomic E-state index is -1.58. The van der Waals surface area contributed by atoms with Crippen LogP contribution in [0.2, 0.25) is 5.02 Å². The predicted molar refractivity (Wildman–Crippen MR) is 209 cm³/mol. The topological polar surface area (TPSA) is 168 Å². The monoisotopic (exact) mass is 781 g/mol. The number of carbonyl (C=O) groups is 4. The Bertz CT molecular complexity index is 1690. The molecule has 3 aliphatic rings. The number of carbonyl (C=O) groups excluding carboxylic acids is 4.